The van der Waals surface area contributed by atoms with Crippen LogP contribution in [0.1, 0.15) is 44.5 Å². The lowest BCUT2D eigenvalue weighted by molar-refractivity contribution is 0.864. The van der Waals surface area contributed by atoms with Gasteiger partial charge in [0, 0.05) is 21.9 Å². The van der Waals surface area contributed by atoms with Crippen molar-refractivity contribution in [1.82, 2.24) is 29.7 Å². The van der Waals surface area contributed by atoms with E-state index >= 15 is 0 Å². The zero-order chi connectivity index (χ0) is 43.4. The Hall–Kier alpha value is -6.56. The molecular formula is C47H37Cl2N11S2. The van der Waals surface area contributed by atoms with Crippen LogP contribution in [0.25, 0.3) is 37.0 Å². The summed E-state index contributed by atoms with van der Waals surface area (Å²) in [5, 5.41) is 31.4. The lowest BCUT2D eigenvalue weighted by atomic mass is 10.0. The summed E-state index contributed by atoms with van der Waals surface area (Å²) in [6.07, 6.45) is 1.66. The number of anilines is 5. The average Bonchev–Trinajstić information content (AvgIpc) is 3.95. The van der Waals surface area contributed by atoms with Gasteiger partial charge in [0.05, 0.1) is 31.8 Å². The summed E-state index contributed by atoms with van der Waals surface area (Å²) >= 11 is 15.8. The molecule has 0 atom stereocenters. The van der Waals surface area contributed by atoms with Crippen molar-refractivity contribution in [2.24, 2.45) is 10.2 Å². The van der Waals surface area contributed by atoms with Gasteiger partial charge in [-0.3, -0.25) is 9.88 Å². The fourth-order valence-electron chi connectivity index (χ4n) is 7.79. The van der Waals surface area contributed by atoms with Crippen LogP contribution in [0.5, 0.6) is 0 Å². The molecule has 0 saturated heterocycles. The van der Waals surface area contributed by atoms with Gasteiger partial charge in [0.15, 0.2) is 16.8 Å². The monoisotopic (exact) mass is 889 g/mol. The molecule has 4 aromatic carbocycles. The number of pyridine rings is 2. The molecule has 15 heteroatoms. The second-order valence-corrected chi connectivity index (χ2v) is 18.1. The number of nitrogens with one attached hydrogen (secondary N) is 1. The van der Waals surface area contributed by atoms with Crippen molar-refractivity contribution in [3.8, 4) is 22.6 Å². The number of rotatable bonds is 9. The molecule has 0 radical (unpaired) electrons. The number of halogens is 2. The SMILES string of the molecule is Cc1cc(C)c(Nc2nc(N(c3nc4cc(Cl)ccc4s3)c3c(C)cc(C)cc3C)cc(C)c2N=Nc2c(C#N)c(-c3ccccn3)nn2-c2nc3cc(Cl)ccc3s2)c(C)c1. The highest BCUT2D eigenvalue weighted by molar-refractivity contribution is 7.22. The van der Waals surface area contributed by atoms with Gasteiger partial charge in [-0.15, -0.1) is 10.2 Å². The van der Waals surface area contributed by atoms with Crippen LogP contribution in [0.15, 0.2) is 101 Å². The molecule has 5 aromatic heterocycles. The normalized spacial score (nSPS) is 11.5. The van der Waals surface area contributed by atoms with Gasteiger partial charge in [-0.1, -0.05) is 87.3 Å². The summed E-state index contributed by atoms with van der Waals surface area (Å²) in [4.78, 5) is 22.0. The van der Waals surface area contributed by atoms with Crippen LogP contribution in [0.2, 0.25) is 10.0 Å². The van der Waals surface area contributed by atoms with Crippen molar-refractivity contribution >= 4 is 106 Å². The van der Waals surface area contributed by atoms with E-state index in [0.717, 1.165) is 70.4 Å². The second kappa shape index (κ2) is 16.4. The highest BCUT2D eigenvalue weighted by atomic mass is 35.5. The van der Waals surface area contributed by atoms with Gasteiger partial charge in [0.2, 0.25) is 5.13 Å². The second-order valence-electron chi connectivity index (χ2n) is 15.2. The minimum atomic E-state index is 0.191. The summed E-state index contributed by atoms with van der Waals surface area (Å²) in [7, 11) is 0. The fraction of sp³-hybridized carbons (Fsp3) is 0.149. The summed E-state index contributed by atoms with van der Waals surface area (Å²) < 4.78 is 3.44. The van der Waals surface area contributed by atoms with Gasteiger partial charge in [-0.25, -0.2) is 15.0 Å². The number of hydrogen-bond acceptors (Lipinski definition) is 12. The van der Waals surface area contributed by atoms with Crippen molar-refractivity contribution in [3.63, 3.8) is 0 Å². The zero-order valence-corrected chi connectivity index (χ0v) is 37.8. The minimum absolute atomic E-state index is 0.191. The van der Waals surface area contributed by atoms with Crippen LogP contribution in [-0.4, -0.2) is 29.7 Å². The molecule has 9 aromatic rings. The lowest BCUT2D eigenvalue weighted by Crippen LogP contribution is -2.15. The average molecular weight is 891 g/mol. The predicted octanol–water partition coefficient (Wildman–Crippen LogP) is 14.5. The van der Waals surface area contributed by atoms with E-state index in [4.69, 9.17) is 53.5 Å². The van der Waals surface area contributed by atoms with E-state index in [1.165, 1.54) is 11.3 Å². The highest BCUT2D eigenvalue weighted by Crippen LogP contribution is 2.45. The van der Waals surface area contributed by atoms with E-state index in [-0.39, 0.29) is 11.4 Å². The maximum Gasteiger partial charge on any atom is 0.213 e. The Balaban J connectivity index is 1.27. The Bertz CT molecular complexity index is 3260. The standard InChI is InChI=1S/C47H37Cl2N11S2/c1-24-16-26(3)40(27(4)17-24)55-44-41(28(5)20-39(54-44)59(43-29(6)18-25(2)19-30(43)7)46-52-35-21-31(48)11-13-37(35)61-46)56-57-45-33(23-50)42(34-10-8-9-15-51-34)58-60(45)47-53-36-22-32(49)12-14-38(36)62-47/h8-22H,1-7H3,(H,54,55). The first-order valence-corrected chi connectivity index (χ1v) is 22.0. The number of hydrogen-bond donors (Lipinski definition) is 1. The van der Waals surface area contributed by atoms with Crippen molar-refractivity contribution in [2.45, 2.75) is 48.5 Å². The molecule has 306 valence electrons. The summed E-state index contributed by atoms with van der Waals surface area (Å²) in [5.74, 6) is 1.27. The van der Waals surface area contributed by atoms with Gasteiger partial charge < -0.3 is 5.32 Å². The summed E-state index contributed by atoms with van der Waals surface area (Å²) in [5.41, 5.74) is 12.2. The van der Waals surface area contributed by atoms with Crippen molar-refractivity contribution in [3.05, 3.63) is 146 Å². The van der Waals surface area contributed by atoms with E-state index in [1.54, 1.807) is 34.3 Å². The molecule has 0 amide bonds. The maximum absolute atomic E-state index is 10.7. The fourth-order valence-corrected chi connectivity index (χ4v) is 9.98. The third kappa shape index (κ3) is 7.67. The first-order chi connectivity index (χ1) is 29.8. The first-order valence-electron chi connectivity index (χ1n) is 19.6. The Kier molecular flexibility index (Phi) is 10.8. The number of fused-ring (bicyclic) bond motifs is 2. The Labute approximate surface area is 376 Å². The number of aryl methyl sites for hydroxylation is 7. The van der Waals surface area contributed by atoms with Crippen LogP contribution < -0.4 is 10.2 Å². The Morgan fingerprint density at radius 2 is 1.35 bits per heavy atom. The minimum Gasteiger partial charge on any atom is -0.338 e. The summed E-state index contributed by atoms with van der Waals surface area (Å²) in [6, 6.07) is 29.7. The predicted molar refractivity (Wildman–Crippen MR) is 254 cm³/mol. The zero-order valence-electron chi connectivity index (χ0n) is 34.7. The largest absolute Gasteiger partial charge is 0.338 e. The molecule has 62 heavy (non-hydrogen) atoms. The van der Waals surface area contributed by atoms with Crippen molar-refractivity contribution in [2.75, 3.05) is 10.2 Å². The molecule has 11 nitrogen and oxygen atoms in total. The molecule has 0 fully saturated rings. The topological polar surface area (TPSA) is 133 Å². The number of nitrogens with zero attached hydrogens (tertiary/aromatic N) is 10. The Morgan fingerprint density at radius 1 is 0.710 bits per heavy atom. The molecule has 0 bridgehead atoms. The first kappa shape index (κ1) is 40.8. The molecule has 0 aliphatic carbocycles. The number of azo groups is 1. The number of thiazole rings is 2. The van der Waals surface area contributed by atoms with E-state index in [1.807, 2.05) is 55.5 Å². The van der Waals surface area contributed by atoms with E-state index in [9.17, 15) is 5.26 Å². The molecule has 5 heterocycles. The van der Waals surface area contributed by atoms with Gasteiger partial charge in [-0.05, 0) is 131 Å². The molecule has 0 spiro atoms. The molecule has 0 aliphatic heterocycles. The Morgan fingerprint density at radius 3 is 2.00 bits per heavy atom. The quantitative estimate of drug-likeness (QED) is 0.142. The smallest absolute Gasteiger partial charge is 0.213 e. The van der Waals surface area contributed by atoms with Gasteiger partial charge in [0.25, 0.3) is 0 Å². The molecule has 9 rings (SSSR count). The lowest BCUT2D eigenvalue weighted by Gasteiger charge is -2.27. The van der Waals surface area contributed by atoms with Crippen LogP contribution in [0, 0.1) is 59.8 Å². The van der Waals surface area contributed by atoms with E-state index < -0.39 is 0 Å². The number of benzene rings is 4. The maximum atomic E-state index is 10.7. The van der Waals surface area contributed by atoms with E-state index in [2.05, 4.69) is 87.1 Å². The highest BCUT2D eigenvalue weighted by Gasteiger charge is 2.27. The molecule has 0 unspecified atom stereocenters. The van der Waals surface area contributed by atoms with Crippen LogP contribution in [0.4, 0.5) is 39.6 Å². The third-order valence-corrected chi connectivity index (χ3v) is 12.9. The van der Waals surface area contributed by atoms with E-state index in [0.29, 0.717) is 49.4 Å². The van der Waals surface area contributed by atoms with Gasteiger partial charge in [-0.2, -0.15) is 15.0 Å². The van der Waals surface area contributed by atoms with Crippen LogP contribution in [-0.2, 0) is 0 Å². The number of aromatic nitrogens is 6. The van der Waals surface area contributed by atoms with Gasteiger partial charge >= 0.3 is 0 Å². The molecule has 1 N–H and O–H groups in total. The van der Waals surface area contributed by atoms with Crippen LogP contribution in [0.3, 0.4) is 0 Å². The van der Waals surface area contributed by atoms with Crippen molar-refractivity contribution < 1.29 is 0 Å². The number of nitriles is 1. The molecule has 0 saturated carbocycles. The van der Waals surface area contributed by atoms with Crippen LogP contribution >= 0.6 is 45.9 Å². The van der Waals surface area contributed by atoms with Crippen molar-refractivity contribution in [1.29, 1.82) is 5.26 Å². The molecular weight excluding hydrogens is 854 g/mol. The third-order valence-electron chi connectivity index (χ3n) is 10.4. The molecule has 0 aliphatic rings. The summed E-state index contributed by atoms with van der Waals surface area (Å²) in [6.45, 7) is 14.5. The van der Waals surface area contributed by atoms with Gasteiger partial charge in [0.1, 0.15) is 28.8 Å².